The maximum absolute atomic E-state index is 11.8. The zero-order valence-electron chi connectivity index (χ0n) is 13.7. The van der Waals surface area contributed by atoms with E-state index in [2.05, 4.69) is 10.2 Å². The Labute approximate surface area is 143 Å². The molecule has 0 atom stereocenters. The Balaban J connectivity index is 1.79. The van der Waals surface area contributed by atoms with Crippen LogP contribution in [-0.4, -0.2) is 28.5 Å². The molecule has 6 nitrogen and oxygen atoms in total. The molecule has 0 unspecified atom stereocenters. The first-order valence-corrected chi connectivity index (χ1v) is 8.69. The van der Waals surface area contributed by atoms with Crippen molar-refractivity contribution in [2.45, 2.75) is 30.8 Å². The zero-order chi connectivity index (χ0) is 16.9. The molecule has 7 heteroatoms. The van der Waals surface area contributed by atoms with E-state index in [1.165, 1.54) is 0 Å². The summed E-state index contributed by atoms with van der Waals surface area (Å²) < 4.78 is 12.4. The normalized spacial score (nSPS) is 11.2. The summed E-state index contributed by atoms with van der Waals surface area (Å²) in [6, 6.07) is 7.45. The summed E-state index contributed by atoms with van der Waals surface area (Å²) in [6.07, 6.45) is 2.62. The van der Waals surface area contributed by atoms with Crippen LogP contribution < -0.4 is 5.63 Å². The van der Waals surface area contributed by atoms with E-state index in [1.807, 2.05) is 29.7 Å². The van der Waals surface area contributed by atoms with E-state index in [4.69, 9.17) is 9.15 Å². The second-order valence-electron chi connectivity index (χ2n) is 5.53. The van der Waals surface area contributed by atoms with Crippen LogP contribution in [0.2, 0.25) is 0 Å². The Bertz CT molecular complexity index is 888. The van der Waals surface area contributed by atoms with Gasteiger partial charge in [0.25, 0.3) is 0 Å². The van der Waals surface area contributed by atoms with Crippen molar-refractivity contribution in [1.29, 1.82) is 0 Å². The van der Waals surface area contributed by atoms with E-state index >= 15 is 0 Å². The maximum atomic E-state index is 11.8. The van der Waals surface area contributed by atoms with Crippen molar-refractivity contribution in [2.75, 3.05) is 13.7 Å². The largest absolute Gasteiger partial charge is 0.423 e. The van der Waals surface area contributed by atoms with Crippen LogP contribution in [0.1, 0.15) is 17.5 Å². The van der Waals surface area contributed by atoms with Gasteiger partial charge in [-0.25, -0.2) is 4.79 Å². The third-order valence-corrected chi connectivity index (χ3v) is 4.70. The first-order valence-electron chi connectivity index (χ1n) is 7.70. The van der Waals surface area contributed by atoms with Crippen molar-refractivity contribution < 1.29 is 9.15 Å². The number of hydrogen-bond acceptors (Lipinski definition) is 6. The third-order valence-electron chi connectivity index (χ3n) is 3.67. The van der Waals surface area contributed by atoms with E-state index in [9.17, 15) is 4.79 Å². The fourth-order valence-electron chi connectivity index (χ4n) is 2.49. The molecule has 0 radical (unpaired) electrons. The lowest BCUT2D eigenvalue weighted by molar-refractivity contribution is 0.189. The average molecular weight is 345 g/mol. The minimum atomic E-state index is -0.328. The number of rotatable bonds is 7. The number of methoxy groups -OCH3 is 1. The fourth-order valence-corrected chi connectivity index (χ4v) is 3.42. The first kappa shape index (κ1) is 16.7. The van der Waals surface area contributed by atoms with Gasteiger partial charge in [-0.2, -0.15) is 0 Å². The van der Waals surface area contributed by atoms with Crippen molar-refractivity contribution in [3.8, 4) is 0 Å². The number of nitrogens with zero attached hydrogens (tertiary/aromatic N) is 3. The molecule has 0 bridgehead atoms. The summed E-state index contributed by atoms with van der Waals surface area (Å²) >= 11 is 1.56. The lowest BCUT2D eigenvalue weighted by Gasteiger charge is -2.07. The third kappa shape index (κ3) is 3.85. The molecule has 2 heterocycles. The van der Waals surface area contributed by atoms with E-state index in [0.717, 1.165) is 34.6 Å². The standard InChI is InChI=1S/C17H19N3O3S/c1-12-4-5-14-13(9-16(21)23-15(14)8-12)10-24-17-19-18-11-20(17)6-3-7-22-2/h4-5,8-9,11H,3,6-7,10H2,1-2H3. The summed E-state index contributed by atoms with van der Waals surface area (Å²) in [5.41, 5.74) is 2.30. The van der Waals surface area contributed by atoms with E-state index < -0.39 is 0 Å². The summed E-state index contributed by atoms with van der Waals surface area (Å²) in [7, 11) is 1.69. The molecule has 0 fully saturated rings. The van der Waals surface area contributed by atoms with Crippen LogP contribution in [0.5, 0.6) is 0 Å². The molecular weight excluding hydrogens is 326 g/mol. The summed E-state index contributed by atoms with van der Waals surface area (Å²) in [5, 5.41) is 9.93. The SMILES string of the molecule is COCCCn1cnnc1SCc1cc(=O)oc2cc(C)ccc12. The van der Waals surface area contributed by atoms with E-state index in [1.54, 1.807) is 31.3 Å². The van der Waals surface area contributed by atoms with Gasteiger partial charge in [0.05, 0.1) is 0 Å². The van der Waals surface area contributed by atoms with Crippen LogP contribution in [-0.2, 0) is 17.0 Å². The number of aryl methyl sites for hydroxylation is 2. The van der Waals surface area contributed by atoms with E-state index in [0.29, 0.717) is 17.9 Å². The molecule has 3 rings (SSSR count). The molecule has 0 saturated carbocycles. The predicted octanol–water partition coefficient (Wildman–Crippen LogP) is 3.02. The Morgan fingerprint density at radius 3 is 3.04 bits per heavy atom. The van der Waals surface area contributed by atoms with Gasteiger partial charge in [-0.05, 0) is 30.5 Å². The van der Waals surface area contributed by atoms with Gasteiger partial charge in [0.2, 0.25) is 0 Å². The minimum absolute atomic E-state index is 0.328. The van der Waals surface area contributed by atoms with Crippen molar-refractivity contribution in [2.24, 2.45) is 0 Å². The molecule has 126 valence electrons. The van der Waals surface area contributed by atoms with Gasteiger partial charge in [-0.3, -0.25) is 0 Å². The highest BCUT2D eigenvalue weighted by atomic mass is 32.2. The molecular formula is C17H19N3O3S. The quantitative estimate of drug-likeness (QED) is 0.372. The molecule has 0 N–H and O–H groups in total. The molecule has 1 aromatic carbocycles. The highest BCUT2D eigenvalue weighted by molar-refractivity contribution is 7.98. The predicted molar refractivity (Wildman–Crippen MR) is 93.3 cm³/mol. The first-order chi connectivity index (χ1) is 11.7. The second kappa shape index (κ2) is 7.63. The Morgan fingerprint density at radius 1 is 1.33 bits per heavy atom. The van der Waals surface area contributed by atoms with Gasteiger partial charge in [0.1, 0.15) is 11.9 Å². The number of aromatic nitrogens is 3. The molecule has 0 aliphatic carbocycles. The van der Waals surface area contributed by atoms with Crippen LogP contribution in [0, 0.1) is 6.92 Å². The number of thioether (sulfide) groups is 1. The lowest BCUT2D eigenvalue weighted by Crippen LogP contribution is -2.03. The fraction of sp³-hybridized carbons (Fsp3) is 0.353. The molecule has 0 spiro atoms. The molecule has 24 heavy (non-hydrogen) atoms. The average Bonchev–Trinajstić information content (AvgIpc) is 2.99. The maximum Gasteiger partial charge on any atom is 0.336 e. The van der Waals surface area contributed by atoms with Crippen LogP contribution in [0.15, 0.2) is 45.0 Å². The molecule has 0 aliphatic heterocycles. The van der Waals surface area contributed by atoms with Crippen LogP contribution in [0.3, 0.4) is 0 Å². The van der Waals surface area contributed by atoms with Crippen molar-refractivity contribution in [1.82, 2.24) is 14.8 Å². The van der Waals surface area contributed by atoms with Crippen molar-refractivity contribution in [3.05, 3.63) is 52.1 Å². The zero-order valence-corrected chi connectivity index (χ0v) is 14.5. The number of benzene rings is 1. The monoisotopic (exact) mass is 345 g/mol. The Kier molecular flexibility index (Phi) is 5.32. The second-order valence-corrected chi connectivity index (χ2v) is 6.47. The smallest absolute Gasteiger partial charge is 0.336 e. The molecule has 0 aliphatic rings. The highest BCUT2D eigenvalue weighted by Crippen LogP contribution is 2.26. The summed E-state index contributed by atoms with van der Waals surface area (Å²) in [4.78, 5) is 11.8. The van der Waals surface area contributed by atoms with Crippen LogP contribution in [0.25, 0.3) is 11.0 Å². The summed E-state index contributed by atoms with van der Waals surface area (Å²) in [5.74, 6) is 0.633. The highest BCUT2D eigenvalue weighted by Gasteiger charge is 2.10. The van der Waals surface area contributed by atoms with Crippen molar-refractivity contribution in [3.63, 3.8) is 0 Å². The van der Waals surface area contributed by atoms with Gasteiger partial charge in [-0.1, -0.05) is 23.9 Å². The lowest BCUT2D eigenvalue weighted by atomic mass is 10.1. The Morgan fingerprint density at radius 2 is 2.21 bits per heavy atom. The van der Waals surface area contributed by atoms with Crippen LogP contribution >= 0.6 is 11.8 Å². The van der Waals surface area contributed by atoms with Gasteiger partial charge < -0.3 is 13.7 Å². The van der Waals surface area contributed by atoms with E-state index in [-0.39, 0.29) is 5.63 Å². The van der Waals surface area contributed by atoms with Gasteiger partial charge in [0, 0.05) is 37.5 Å². The van der Waals surface area contributed by atoms with Gasteiger partial charge >= 0.3 is 5.63 Å². The number of hydrogen-bond donors (Lipinski definition) is 0. The van der Waals surface area contributed by atoms with Gasteiger partial charge in [0.15, 0.2) is 5.16 Å². The number of ether oxygens (including phenoxy) is 1. The summed E-state index contributed by atoms with van der Waals surface area (Å²) in [6.45, 7) is 3.48. The molecule has 0 amide bonds. The Hall–Kier alpha value is -2.12. The van der Waals surface area contributed by atoms with Gasteiger partial charge in [-0.15, -0.1) is 10.2 Å². The van der Waals surface area contributed by atoms with Crippen LogP contribution in [0.4, 0.5) is 0 Å². The van der Waals surface area contributed by atoms with Crippen molar-refractivity contribution >= 4 is 22.7 Å². The topological polar surface area (TPSA) is 70.2 Å². The number of fused-ring (bicyclic) bond motifs is 1. The molecule has 0 saturated heterocycles. The minimum Gasteiger partial charge on any atom is -0.423 e. The molecule has 2 aromatic heterocycles. The molecule has 3 aromatic rings.